The average Bonchev–Trinajstić information content (AvgIpc) is 3.39. The van der Waals surface area contributed by atoms with Crippen LogP contribution in [0.2, 0.25) is 0 Å². The second-order valence-electron chi connectivity index (χ2n) is 9.01. The molecule has 0 atom stereocenters. The standard InChI is InChI=1S/C29H26FN5O3/c30-24-10-8-23(9-11-24)27-21-28(34(31-27)25-12-14-26(15-13-25)35(37)38)29(36)33-19-17-32(18-20-33)16-4-7-22-5-2-1-3-6-22/h1-15,21H,16-20H2. The Kier molecular flexibility index (Phi) is 7.37. The van der Waals surface area contributed by atoms with Gasteiger partial charge in [0.05, 0.1) is 16.3 Å². The Morgan fingerprint density at radius 3 is 2.29 bits per heavy atom. The van der Waals surface area contributed by atoms with Crippen LogP contribution in [0.5, 0.6) is 0 Å². The number of nitro groups is 1. The van der Waals surface area contributed by atoms with Crippen LogP contribution in [0.1, 0.15) is 16.1 Å². The van der Waals surface area contributed by atoms with E-state index in [0.717, 1.165) is 25.2 Å². The molecule has 0 unspecified atom stereocenters. The number of non-ortho nitro benzene ring substituents is 1. The number of benzene rings is 3. The summed E-state index contributed by atoms with van der Waals surface area (Å²) >= 11 is 0. The van der Waals surface area contributed by atoms with Crippen molar-refractivity contribution >= 4 is 17.7 Å². The highest BCUT2D eigenvalue weighted by Crippen LogP contribution is 2.25. The summed E-state index contributed by atoms with van der Waals surface area (Å²) in [6.07, 6.45) is 4.22. The van der Waals surface area contributed by atoms with Gasteiger partial charge in [0.25, 0.3) is 11.6 Å². The van der Waals surface area contributed by atoms with E-state index in [0.29, 0.717) is 35.7 Å². The van der Waals surface area contributed by atoms with Crippen LogP contribution < -0.4 is 0 Å². The second-order valence-corrected chi connectivity index (χ2v) is 9.01. The first kappa shape index (κ1) is 25.0. The molecule has 1 amide bonds. The molecule has 1 fully saturated rings. The fraction of sp³-hybridized carbons (Fsp3) is 0.172. The van der Waals surface area contributed by atoms with E-state index < -0.39 is 4.92 Å². The molecule has 8 nitrogen and oxygen atoms in total. The summed E-state index contributed by atoms with van der Waals surface area (Å²) in [5, 5.41) is 15.7. The molecule has 192 valence electrons. The van der Waals surface area contributed by atoms with Gasteiger partial charge >= 0.3 is 0 Å². The molecule has 5 rings (SSSR count). The lowest BCUT2D eigenvalue weighted by Crippen LogP contribution is -2.49. The van der Waals surface area contributed by atoms with Gasteiger partial charge in [-0.25, -0.2) is 9.07 Å². The topological polar surface area (TPSA) is 84.5 Å². The van der Waals surface area contributed by atoms with E-state index in [-0.39, 0.29) is 17.4 Å². The van der Waals surface area contributed by atoms with Crippen molar-refractivity contribution in [1.82, 2.24) is 19.6 Å². The van der Waals surface area contributed by atoms with Gasteiger partial charge in [-0.15, -0.1) is 0 Å². The number of hydrogen-bond acceptors (Lipinski definition) is 5. The van der Waals surface area contributed by atoms with E-state index in [1.165, 1.54) is 28.9 Å². The number of carbonyl (C=O) groups is 1. The molecule has 3 aromatic carbocycles. The highest BCUT2D eigenvalue weighted by atomic mass is 19.1. The van der Waals surface area contributed by atoms with Crippen LogP contribution in [0.3, 0.4) is 0 Å². The Balaban J connectivity index is 1.34. The van der Waals surface area contributed by atoms with Crippen LogP contribution in [-0.4, -0.2) is 63.1 Å². The van der Waals surface area contributed by atoms with E-state index in [2.05, 4.69) is 34.3 Å². The fourth-order valence-corrected chi connectivity index (χ4v) is 4.41. The SMILES string of the molecule is O=C(c1cc(-c2ccc(F)cc2)nn1-c1ccc([N+](=O)[O-])cc1)N1CCN(CC=Cc2ccccc2)CC1. The summed E-state index contributed by atoms with van der Waals surface area (Å²) in [5.41, 5.74) is 3.14. The van der Waals surface area contributed by atoms with Gasteiger partial charge in [0, 0.05) is 50.4 Å². The van der Waals surface area contributed by atoms with Crippen molar-refractivity contribution in [3.63, 3.8) is 0 Å². The maximum absolute atomic E-state index is 13.6. The summed E-state index contributed by atoms with van der Waals surface area (Å²) in [5.74, 6) is -0.542. The molecule has 0 radical (unpaired) electrons. The maximum Gasteiger partial charge on any atom is 0.272 e. The molecule has 0 spiro atoms. The molecule has 0 aliphatic carbocycles. The third kappa shape index (κ3) is 5.68. The number of aromatic nitrogens is 2. The third-order valence-corrected chi connectivity index (χ3v) is 6.51. The van der Waals surface area contributed by atoms with Gasteiger partial charge in [-0.1, -0.05) is 42.5 Å². The predicted octanol–water partition coefficient (Wildman–Crippen LogP) is 5.06. The zero-order chi connectivity index (χ0) is 26.5. The van der Waals surface area contributed by atoms with Gasteiger partial charge < -0.3 is 4.90 Å². The van der Waals surface area contributed by atoms with E-state index in [9.17, 15) is 19.3 Å². The van der Waals surface area contributed by atoms with Crippen molar-refractivity contribution in [1.29, 1.82) is 0 Å². The maximum atomic E-state index is 13.6. The predicted molar refractivity (Wildman–Crippen MR) is 143 cm³/mol. The molecular weight excluding hydrogens is 485 g/mol. The van der Waals surface area contributed by atoms with Gasteiger partial charge in [0.15, 0.2) is 0 Å². The van der Waals surface area contributed by atoms with Gasteiger partial charge in [-0.2, -0.15) is 5.10 Å². The minimum absolute atomic E-state index is 0.0509. The molecule has 0 saturated carbocycles. The molecule has 2 heterocycles. The number of amides is 1. The lowest BCUT2D eigenvalue weighted by Gasteiger charge is -2.34. The normalized spacial score (nSPS) is 14.2. The van der Waals surface area contributed by atoms with Gasteiger partial charge in [0.1, 0.15) is 11.5 Å². The van der Waals surface area contributed by atoms with E-state index in [1.807, 2.05) is 18.2 Å². The zero-order valence-corrected chi connectivity index (χ0v) is 20.6. The molecule has 4 aromatic rings. The third-order valence-electron chi connectivity index (χ3n) is 6.51. The Bertz CT molecular complexity index is 1440. The number of carbonyl (C=O) groups excluding carboxylic acids is 1. The molecule has 1 aromatic heterocycles. The number of rotatable bonds is 7. The quantitative estimate of drug-likeness (QED) is 0.256. The minimum Gasteiger partial charge on any atom is -0.335 e. The van der Waals surface area contributed by atoms with Crippen LogP contribution in [0.25, 0.3) is 23.0 Å². The van der Waals surface area contributed by atoms with E-state index in [1.54, 1.807) is 35.2 Å². The Morgan fingerprint density at radius 1 is 0.947 bits per heavy atom. The van der Waals surface area contributed by atoms with Gasteiger partial charge in [-0.3, -0.25) is 19.8 Å². The van der Waals surface area contributed by atoms with Gasteiger partial charge in [-0.05, 0) is 48.0 Å². The highest BCUT2D eigenvalue weighted by molar-refractivity contribution is 5.94. The lowest BCUT2D eigenvalue weighted by molar-refractivity contribution is -0.384. The van der Waals surface area contributed by atoms with Crippen LogP contribution in [0.15, 0.2) is 91.0 Å². The summed E-state index contributed by atoms with van der Waals surface area (Å²) in [6.45, 7) is 3.40. The molecule has 38 heavy (non-hydrogen) atoms. The van der Waals surface area contributed by atoms with Gasteiger partial charge in [0.2, 0.25) is 0 Å². The van der Waals surface area contributed by atoms with Crippen molar-refractivity contribution in [2.75, 3.05) is 32.7 Å². The van der Waals surface area contributed by atoms with Crippen molar-refractivity contribution < 1.29 is 14.1 Å². The smallest absolute Gasteiger partial charge is 0.272 e. The number of nitro benzene ring substituents is 1. The first-order valence-electron chi connectivity index (χ1n) is 12.3. The molecular formula is C29H26FN5O3. The molecule has 1 aliphatic rings. The summed E-state index contributed by atoms with van der Waals surface area (Å²) in [6, 6.07) is 23.6. The lowest BCUT2D eigenvalue weighted by atomic mass is 10.1. The van der Waals surface area contributed by atoms with Crippen molar-refractivity contribution in [2.45, 2.75) is 0 Å². The largest absolute Gasteiger partial charge is 0.335 e. The number of piperazine rings is 1. The van der Waals surface area contributed by atoms with Crippen LogP contribution in [-0.2, 0) is 0 Å². The first-order valence-corrected chi connectivity index (χ1v) is 12.3. The molecule has 1 aliphatic heterocycles. The van der Waals surface area contributed by atoms with Crippen LogP contribution in [0, 0.1) is 15.9 Å². The monoisotopic (exact) mass is 511 g/mol. The Hall–Kier alpha value is -4.63. The first-order chi connectivity index (χ1) is 18.5. The fourth-order valence-electron chi connectivity index (χ4n) is 4.41. The Morgan fingerprint density at radius 2 is 1.63 bits per heavy atom. The van der Waals surface area contributed by atoms with Crippen molar-refractivity contribution in [3.05, 3.63) is 118 Å². The average molecular weight is 512 g/mol. The van der Waals surface area contributed by atoms with E-state index >= 15 is 0 Å². The molecule has 0 bridgehead atoms. The second kappa shape index (κ2) is 11.2. The number of halogens is 1. The minimum atomic E-state index is -0.475. The van der Waals surface area contributed by atoms with Crippen molar-refractivity contribution in [2.24, 2.45) is 0 Å². The number of hydrogen-bond donors (Lipinski definition) is 0. The summed E-state index contributed by atoms with van der Waals surface area (Å²) in [4.78, 5) is 28.3. The van der Waals surface area contributed by atoms with E-state index in [4.69, 9.17) is 0 Å². The summed E-state index contributed by atoms with van der Waals surface area (Å²) in [7, 11) is 0. The van der Waals surface area contributed by atoms with Crippen LogP contribution in [0.4, 0.5) is 10.1 Å². The van der Waals surface area contributed by atoms with Crippen molar-refractivity contribution in [3.8, 4) is 16.9 Å². The molecule has 9 heteroatoms. The Labute approximate surface area is 219 Å². The molecule has 1 saturated heterocycles. The van der Waals surface area contributed by atoms with Crippen LogP contribution >= 0.6 is 0 Å². The zero-order valence-electron chi connectivity index (χ0n) is 20.6. The summed E-state index contributed by atoms with van der Waals surface area (Å²) < 4.78 is 15.0. The number of nitrogens with zero attached hydrogens (tertiary/aromatic N) is 5. The molecule has 0 N–H and O–H groups in total. The highest BCUT2D eigenvalue weighted by Gasteiger charge is 2.26.